The lowest BCUT2D eigenvalue weighted by Crippen LogP contribution is -2.40. The van der Waals surface area contributed by atoms with Crippen LogP contribution in [0.5, 0.6) is 0 Å². The van der Waals surface area contributed by atoms with Crippen molar-refractivity contribution in [3.63, 3.8) is 0 Å². The number of hydrogen-bond acceptors (Lipinski definition) is 3. The molecule has 0 spiro atoms. The molecule has 6 nitrogen and oxygen atoms in total. The van der Waals surface area contributed by atoms with Crippen LogP contribution >= 0.6 is 0 Å². The van der Waals surface area contributed by atoms with Crippen LogP contribution in [0.15, 0.2) is 18.3 Å². The Morgan fingerprint density at radius 2 is 2.30 bits per heavy atom. The number of rotatable bonds is 4. The number of nitrogens with one attached hydrogen (secondary N) is 1. The van der Waals surface area contributed by atoms with Crippen LogP contribution in [-0.4, -0.2) is 45.1 Å². The molecule has 1 fully saturated rings. The van der Waals surface area contributed by atoms with E-state index < -0.39 is 0 Å². The zero-order valence-electron chi connectivity index (χ0n) is 14.1. The van der Waals surface area contributed by atoms with Gasteiger partial charge in [-0.15, -0.1) is 0 Å². The first kappa shape index (κ1) is 15.8. The van der Waals surface area contributed by atoms with E-state index in [-0.39, 0.29) is 11.9 Å². The fourth-order valence-electron chi connectivity index (χ4n) is 3.16. The molecule has 1 saturated heterocycles. The van der Waals surface area contributed by atoms with Gasteiger partial charge in [0.05, 0.1) is 0 Å². The van der Waals surface area contributed by atoms with Gasteiger partial charge in [-0.3, -0.25) is 0 Å². The summed E-state index contributed by atoms with van der Waals surface area (Å²) in [5.41, 5.74) is 1.87. The largest absolute Gasteiger partial charge is 0.338 e. The van der Waals surface area contributed by atoms with Crippen LogP contribution in [0.1, 0.15) is 38.9 Å². The number of aryl methyl sites for hydroxylation is 1. The Labute approximate surface area is 136 Å². The number of aromatic nitrogens is 3. The maximum absolute atomic E-state index is 12.2. The van der Waals surface area contributed by atoms with Gasteiger partial charge in [-0.1, -0.05) is 13.8 Å². The van der Waals surface area contributed by atoms with Crippen LogP contribution in [-0.2, 0) is 6.54 Å². The first-order valence-electron chi connectivity index (χ1n) is 8.44. The van der Waals surface area contributed by atoms with Crippen LogP contribution in [0.3, 0.4) is 0 Å². The summed E-state index contributed by atoms with van der Waals surface area (Å²) in [4.78, 5) is 23.4. The van der Waals surface area contributed by atoms with E-state index in [1.807, 2.05) is 17.0 Å². The normalized spacial score (nSPS) is 18.1. The van der Waals surface area contributed by atoms with Crippen LogP contribution in [0, 0.1) is 5.92 Å². The molecule has 1 atom stereocenters. The Hall–Kier alpha value is -2.11. The lowest BCUT2D eigenvalue weighted by molar-refractivity contribution is 0.206. The highest BCUT2D eigenvalue weighted by molar-refractivity contribution is 5.75. The van der Waals surface area contributed by atoms with Crippen molar-refractivity contribution in [3.8, 4) is 0 Å². The van der Waals surface area contributed by atoms with Gasteiger partial charge in [0.15, 0.2) is 5.65 Å². The molecule has 3 rings (SSSR count). The number of nitrogens with zero attached hydrogens (tertiary/aromatic N) is 4. The molecule has 23 heavy (non-hydrogen) atoms. The Kier molecular flexibility index (Phi) is 4.50. The van der Waals surface area contributed by atoms with Crippen molar-refractivity contribution in [1.82, 2.24) is 24.8 Å². The van der Waals surface area contributed by atoms with Crippen molar-refractivity contribution in [2.24, 2.45) is 5.92 Å². The Morgan fingerprint density at radius 3 is 3.04 bits per heavy atom. The molecular weight excluding hydrogens is 290 g/mol. The average Bonchev–Trinajstić information content (AvgIpc) is 3.16. The molecule has 0 bridgehead atoms. The summed E-state index contributed by atoms with van der Waals surface area (Å²) in [6, 6.07) is 3.96. The molecule has 0 unspecified atom stereocenters. The van der Waals surface area contributed by atoms with Gasteiger partial charge in [0.2, 0.25) is 0 Å². The van der Waals surface area contributed by atoms with Gasteiger partial charge in [-0.2, -0.15) is 0 Å². The van der Waals surface area contributed by atoms with E-state index in [1.165, 1.54) is 0 Å². The first-order chi connectivity index (χ1) is 11.1. The zero-order chi connectivity index (χ0) is 16.4. The molecule has 0 radical (unpaired) electrons. The first-order valence-corrected chi connectivity index (χ1v) is 8.44. The molecule has 2 aromatic heterocycles. The molecule has 2 amide bonds. The van der Waals surface area contributed by atoms with E-state index in [9.17, 15) is 4.79 Å². The van der Waals surface area contributed by atoms with Gasteiger partial charge in [0, 0.05) is 38.3 Å². The van der Waals surface area contributed by atoms with Gasteiger partial charge in [-0.25, -0.2) is 14.8 Å². The summed E-state index contributed by atoms with van der Waals surface area (Å²) in [7, 11) is 0. The highest BCUT2D eigenvalue weighted by Gasteiger charge is 2.30. The highest BCUT2D eigenvalue weighted by atomic mass is 16.2. The molecule has 1 aliphatic heterocycles. The molecule has 2 aromatic rings. The predicted octanol–water partition coefficient (Wildman–Crippen LogP) is 2.61. The lowest BCUT2D eigenvalue weighted by Gasteiger charge is -2.18. The van der Waals surface area contributed by atoms with E-state index in [0.29, 0.717) is 5.92 Å². The minimum absolute atomic E-state index is 0.0403. The third-order valence-electron chi connectivity index (χ3n) is 4.35. The Morgan fingerprint density at radius 1 is 1.48 bits per heavy atom. The van der Waals surface area contributed by atoms with Gasteiger partial charge in [-0.05, 0) is 31.4 Å². The highest BCUT2D eigenvalue weighted by Crippen LogP contribution is 2.28. The quantitative estimate of drug-likeness (QED) is 0.943. The molecular formula is C17H25N5O. The number of urea groups is 1. The fourth-order valence-corrected chi connectivity index (χ4v) is 3.16. The predicted molar refractivity (Wildman–Crippen MR) is 90.4 cm³/mol. The molecule has 0 aliphatic carbocycles. The second kappa shape index (κ2) is 6.56. The second-order valence-electron chi connectivity index (χ2n) is 6.57. The summed E-state index contributed by atoms with van der Waals surface area (Å²) in [6.07, 6.45) is 2.76. The summed E-state index contributed by atoms with van der Waals surface area (Å²) < 4.78 is 2.18. The SMILES string of the molecule is CCn1c([C@@H]2CCN(C(=O)NCC(C)C)C2)nc2cccnc21. The minimum Gasteiger partial charge on any atom is -0.338 e. The van der Waals surface area contributed by atoms with E-state index >= 15 is 0 Å². The van der Waals surface area contributed by atoms with Crippen LogP contribution in [0.2, 0.25) is 0 Å². The third kappa shape index (κ3) is 3.16. The van der Waals surface area contributed by atoms with Crippen molar-refractivity contribution >= 4 is 17.2 Å². The second-order valence-corrected chi connectivity index (χ2v) is 6.57. The van der Waals surface area contributed by atoms with E-state index in [1.54, 1.807) is 6.20 Å². The summed E-state index contributed by atoms with van der Waals surface area (Å²) in [5, 5.41) is 3.00. The number of likely N-dealkylation sites (tertiary alicyclic amines) is 1. The van der Waals surface area contributed by atoms with Gasteiger partial charge >= 0.3 is 6.03 Å². The number of amides is 2. The monoisotopic (exact) mass is 315 g/mol. The Bertz CT molecular complexity index is 693. The van der Waals surface area contributed by atoms with Crippen molar-refractivity contribution in [1.29, 1.82) is 0 Å². The number of hydrogen-bond donors (Lipinski definition) is 1. The topological polar surface area (TPSA) is 63.1 Å². The van der Waals surface area contributed by atoms with Crippen LogP contribution < -0.4 is 5.32 Å². The summed E-state index contributed by atoms with van der Waals surface area (Å²) >= 11 is 0. The molecule has 0 saturated carbocycles. The third-order valence-corrected chi connectivity index (χ3v) is 4.35. The molecule has 6 heteroatoms. The van der Waals surface area contributed by atoms with E-state index in [2.05, 4.69) is 35.6 Å². The van der Waals surface area contributed by atoms with Gasteiger partial charge in [0.25, 0.3) is 0 Å². The molecule has 3 heterocycles. The molecule has 0 aromatic carbocycles. The van der Waals surface area contributed by atoms with Crippen molar-refractivity contribution < 1.29 is 4.79 Å². The van der Waals surface area contributed by atoms with Gasteiger partial charge < -0.3 is 14.8 Å². The zero-order valence-corrected chi connectivity index (χ0v) is 14.1. The van der Waals surface area contributed by atoms with Crippen LogP contribution in [0.4, 0.5) is 4.79 Å². The number of carbonyl (C=O) groups excluding carboxylic acids is 1. The summed E-state index contributed by atoms with van der Waals surface area (Å²) in [6.45, 7) is 9.40. The number of imidazole rings is 1. The minimum atomic E-state index is 0.0403. The summed E-state index contributed by atoms with van der Waals surface area (Å²) in [5.74, 6) is 1.81. The van der Waals surface area contributed by atoms with Crippen molar-refractivity contribution in [2.45, 2.75) is 39.7 Å². The lowest BCUT2D eigenvalue weighted by atomic mass is 10.1. The fraction of sp³-hybridized carbons (Fsp3) is 0.588. The maximum atomic E-state index is 12.2. The maximum Gasteiger partial charge on any atom is 0.317 e. The number of carbonyl (C=O) groups is 1. The Balaban J connectivity index is 1.75. The number of pyridine rings is 1. The number of fused-ring (bicyclic) bond motifs is 1. The van der Waals surface area contributed by atoms with Crippen molar-refractivity contribution in [3.05, 3.63) is 24.2 Å². The van der Waals surface area contributed by atoms with Crippen molar-refractivity contribution in [2.75, 3.05) is 19.6 Å². The van der Waals surface area contributed by atoms with E-state index in [0.717, 1.165) is 49.6 Å². The van der Waals surface area contributed by atoms with E-state index in [4.69, 9.17) is 4.98 Å². The standard InChI is InChI=1S/C17H25N5O/c1-4-22-15(20-14-6-5-8-18-16(14)22)13-7-9-21(11-13)17(23)19-10-12(2)3/h5-6,8,12-13H,4,7,9-11H2,1-3H3,(H,19,23)/t13-/m1/s1. The van der Waals surface area contributed by atoms with Crippen LogP contribution in [0.25, 0.3) is 11.2 Å². The average molecular weight is 315 g/mol. The smallest absolute Gasteiger partial charge is 0.317 e. The molecule has 1 N–H and O–H groups in total. The van der Waals surface area contributed by atoms with Gasteiger partial charge in [0.1, 0.15) is 11.3 Å². The molecule has 1 aliphatic rings. The molecule has 124 valence electrons.